The van der Waals surface area contributed by atoms with E-state index >= 15 is 0 Å². The summed E-state index contributed by atoms with van der Waals surface area (Å²) in [5.74, 6) is 0.701. The lowest BCUT2D eigenvalue weighted by molar-refractivity contribution is 1.18. The van der Waals surface area contributed by atoms with Crippen molar-refractivity contribution in [3.63, 3.8) is 0 Å². The molecule has 1 heterocycles. The highest BCUT2D eigenvalue weighted by Gasteiger charge is 2.19. The molecule has 2 heteroatoms. The van der Waals surface area contributed by atoms with Crippen LogP contribution in [0.25, 0.3) is 88.5 Å². The lowest BCUT2D eigenvalue weighted by atomic mass is 9.87. The van der Waals surface area contributed by atoms with Crippen molar-refractivity contribution in [2.75, 3.05) is 0 Å². The third-order valence-electron chi connectivity index (χ3n) is 9.29. The second-order valence-electron chi connectivity index (χ2n) is 12.1. The molecule has 0 amide bonds. The highest BCUT2D eigenvalue weighted by molar-refractivity contribution is 6.21. The van der Waals surface area contributed by atoms with Crippen molar-refractivity contribution < 1.29 is 0 Å². The van der Waals surface area contributed by atoms with Gasteiger partial charge in [0, 0.05) is 16.7 Å². The van der Waals surface area contributed by atoms with Gasteiger partial charge in [-0.1, -0.05) is 170 Å². The summed E-state index contributed by atoms with van der Waals surface area (Å²) in [7, 11) is 0. The Bertz CT molecular complexity index is 2610. The minimum absolute atomic E-state index is 0.701. The molecule has 0 unspecified atom stereocenters. The van der Waals surface area contributed by atoms with Crippen LogP contribution in [0.3, 0.4) is 0 Å². The van der Waals surface area contributed by atoms with E-state index in [9.17, 15) is 0 Å². The van der Waals surface area contributed by atoms with E-state index in [0.717, 1.165) is 44.8 Å². The standard InChI is InChI=1S/C46H30N2/c1-3-15-31(16-4-1)35-21-11-12-24-38(35)44-30-43(33-18-5-2-6-19-33)47-46(48-44)41-26-14-13-25-39(41)45-37-23-10-8-20-34(37)29-42-36-22-9-7-17-32(36)27-28-40(42)45/h1-30H. The lowest BCUT2D eigenvalue weighted by Gasteiger charge is -2.18. The number of hydrogen-bond acceptors (Lipinski definition) is 2. The molecule has 1 aromatic heterocycles. The number of hydrogen-bond donors (Lipinski definition) is 0. The number of rotatable bonds is 5. The Balaban J connectivity index is 1.34. The molecule has 0 fully saturated rings. The van der Waals surface area contributed by atoms with Gasteiger partial charge < -0.3 is 0 Å². The molecule has 0 bridgehead atoms. The van der Waals surface area contributed by atoms with Gasteiger partial charge in [0.1, 0.15) is 0 Å². The first kappa shape index (κ1) is 27.9. The summed E-state index contributed by atoms with van der Waals surface area (Å²) in [6.45, 7) is 0. The van der Waals surface area contributed by atoms with Gasteiger partial charge in [0.15, 0.2) is 5.82 Å². The molecule has 0 aliphatic heterocycles. The molecule has 8 aromatic carbocycles. The van der Waals surface area contributed by atoms with Crippen LogP contribution in [0.2, 0.25) is 0 Å². The molecular weight excluding hydrogens is 581 g/mol. The third-order valence-corrected chi connectivity index (χ3v) is 9.29. The monoisotopic (exact) mass is 610 g/mol. The molecule has 0 spiro atoms. The Morgan fingerprint density at radius 1 is 0.292 bits per heavy atom. The number of nitrogens with zero attached hydrogens (tertiary/aromatic N) is 2. The van der Waals surface area contributed by atoms with Crippen LogP contribution < -0.4 is 0 Å². The van der Waals surface area contributed by atoms with Crippen molar-refractivity contribution in [2.24, 2.45) is 0 Å². The van der Waals surface area contributed by atoms with E-state index in [1.165, 1.54) is 37.9 Å². The van der Waals surface area contributed by atoms with Crippen LogP contribution in [0.5, 0.6) is 0 Å². The van der Waals surface area contributed by atoms with Gasteiger partial charge in [-0.25, -0.2) is 9.97 Å². The van der Waals surface area contributed by atoms with Crippen LogP contribution in [0.1, 0.15) is 0 Å². The zero-order valence-electron chi connectivity index (χ0n) is 26.2. The van der Waals surface area contributed by atoms with Gasteiger partial charge in [-0.05, 0) is 66.7 Å². The van der Waals surface area contributed by atoms with E-state index in [2.05, 4.69) is 176 Å². The van der Waals surface area contributed by atoms with Crippen LogP contribution in [-0.2, 0) is 0 Å². The predicted octanol–water partition coefficient (Wildman–Crippen LogP) is 12.3. The van der Waals surface area contributed by atoms with Crippen LogP contribution in [-0.4, -0.2) is 9.97 Å². The van der Waals surface area contributed by atoms with Crippen LogP contribution in [0.15, 0.2) is 182 Å². The van der Waals surface area contributed by atoms with Crippen molar-refractivity contribution in [1.82, 2.24) is 9.97 Å². The van der Waals surface area contributed by atoms with Crippen LogP contribution >= 0.6 is 0 Å². The maximum absolute atomic E-state index is 5.37. The van der Waals surface area contributed by atoms with Gasteiger partial charge in [-0.15, -0.1) is 0 Å². The number of benzene rings is 8. The molecule has 9 aromatic rings. The van der Waals surface area contributed by atoms with Gasteiger partial charge in [0.05, 0.1) is 11.4 Å². The molecule has 0 atom stereocenters. The lowest BCUT2D eigenvalue weighted by Crippen LogP contribution is -1.99. The molecule has 0 saturated carbocycles. The van der Waals surface area contributed by atoms with Gasteiger partial charge in [-0.2, -0.15) is 0 Å². The molecule has 48 heavy (non-hydrogen) atoms. The first-order chi connectivity index (χ1) is 23.8. The van der Waals surface area contributed by atoms with E-state index in [1.54, 1.807) is 0 Å². The second kappa shape index (κ2) is 11.8. The average molecular weight is 611 g/mol. The molecule has 0 aliphatic rings. The van der Waals surface area contributed by atoms with Crippen molar-refractivity contribution in [3.8, 4) is 56.2 Å². The maximum Gasteiger partial charge on any atom is 0.161 e. The maximum atomic E-state index is 5.37. The molecule has 0 saturated heterocycles. The summed E-state index contributed by atoms with van der Waals surface area (Å²) in [6.07, 6.45) is 0. The van der Waals surface area contributed by atoms with E-state index in [0.29, 0.717) is 5.82 Å². The highest BCUT2D eigenvalue weighted by atomic mass is 14.9. The van der Waals surface area contributed by atoms with Crippen LogP contribution in [0, 0.1) is 0 Å². The van der Waals surface area contributed by atoms with Crippen LogP contribution in [0.4, 0.5) is 0 Å². The van der Waals surface area contributed by atoms with E-state index in [-0.39, 0.29) is 0 Å². The first-order valence-electron chi connectivity index (χ1n) is 16.3. The Hall–Kier alpha value is -6.38. The summed E-state index contributed by atoms with van der Waals surface area (Å²) >= 11 is 0. The van der Waals surface area contributed by atoms with Gasteiger partial charge >= 0.3 is 0 Å². The fourth-order valence-corrected chi connectivity index (χ4v) is 7.04. The smallest absolute Gasteiger partial charge is 0.161 e. The van der Waals surface area contributed by atoms with E-state index < -0.39 is 0 Å². The fraction of sp³-hybridized carbons (Fsp3) is 0. The molecule has 9 rings (SSSR count). The third kappa shape index (κ3) is 4.83. The summed E-state index contributed by atoms with van der Waals surface area (Å²) in [4.78, 5) is 10.7. The Labute approximate surface area is 279 Å². The zero-order chi connectivity index (χ0) is 31.9. The van der Waals surface area contributed by atoms with E-state index in [4.69, 9.17) is 9.97 Å². The highest BCUT2D eigenvalue weighted by Crippen LogP contribution is 2.43. The van der Waals surface area contributed by atoms with Gasteiger partial charge in [-0.3, -0.25) is 0 Å². The predicted molar refractivity (Wildman–Crippen MR) is 202 cm³/mol. The van der Waals surface area contributed by atoms with Gasteiger partial charge in [0.2, 0.25) is 0 Å². The minimum atomic E-state index is 0.701. The topological polar surface area (TPSA) is 25.8 Å². The fourth-order valence-electron chi connectivity index (χ4n) is 7.04. The van der Waals surface area contributed by atoms with Crippen molar-refractivity contribution in [2.45, 2.75) is 0 Å². The van der Waals surface area contributed by atoms with Crippen molar-refractivity contribution in [1.29, 1.82) is 0 Å². The normalized spacial score (nSPS) is 11.3. The van der Waals surface area contributed by atoms with E-state index in [1.807, 2.05) is 6.07 Å². The average Bonchev–Trinajstić information content (AvgIpc) is 3.17. The summed E-state index contributed by atoms with van der Waals surface area (Å²) in [5, 5.41) is 7.37. The zero-order valence-corrected chi connectivity index (χ0v) is 26.2. The SMILES string of the molecule is c1ccc(-c2cc(-c3ccccc3-c3ccccc3)nc(-c3ccccc3-c3c4ccccc4cc4c3ccc3ccccc34)n2)cc1. The number of aromatic nitrogens is 2. The Kier molecular flexibility index (Phi) is 6.84. The largest absolute Gasteiger partial charge is 0.228 e. The Morgan fingerprint density at radius 3 is 1.62 bits per heavy atom. The summed E-state index contributed by atoms with van der Waals surface area (Å²) < 4.78 is 0. The molecule has 0 aliphatic carbocycles. The molecule has 0 radical (unpaired) electrons. The molecular formula is C46H30N2. The molecule has 0 N–H and O–H groups in total. The molecule has 224 valence electrons. The van der Waals surface area contributed by atoms with Crippen molar-refractivity contribution in [3.05, 3.63) is 182 Å². The first-order valence-corrected chi connectivity index (χ1v) is 16.3. The quantitative estimate of drug-likeness (QED) is 0.143. The summed E-state index contributed by atoms with van der Waals surface area (Å²) in [5.41, 5.74) is 9.52. The van der Waals surface area contributed by atoms with Gasteiger partial charge in [0.25, 0.3) is 0 Å². The summed E-state index contributed by atoms with van der Waals surface area (Å²) in [6, 6.07) is 64.4. The molecule has 2 nitrogen and oxygen atoms in total. The van der Waals surface area contributed by atoms with Crippen molar-refractivity contribution >= 4 is 32.3 Å². The minimum Gasteiger partial charge on any atom is -0.228 e. The Morgan fingerprint density at radius 2 is 0.854 bits per heavy atom. The second-order valence-corrected chi connectivity index (χ2v) is 12.1. The number of fused-ring (bicyclic) bond motifs is 4.